The number of nitrogens with two attached hydrogens (primary N) is 1. The van der Waals surface area contributed by atoms with Crippen molar-refractivity contribution in [2.45, 2.75) is 25.3 Å². The van der Waals surface area contributed by atoms with Crippen LogP contribution < -0.4 is 10.5 Å². The zero-order chi connectivity index (χ0) is 15.0. The van der Waals surface area contributed by atoms with E-state index in [0.717, 1.165) is 5.56 Å². The van der Waals surface area contributed by atoms with E-state index < -0.39 is 16.0 Å². The Morgan fingerprint density at radius 3 is 2.55 bits per heavy atom. The molecule has 0 amide bonds. The Kier molecular flexibility index (Phi) is 6.63. The Bertz CT molecular complexity index is 516. The third-order valence-electron chi connectivity index (χ3n) is 2.81. The molecule has 0 heterocycles. The van der Waals surface area contributed by atoms with Crippen LogP contribution in [-0.2, 0) is 14.8 Å². The molecule has 0 bridgehead atoms. The van der Waals surface area contributed by atoms with Crippen LogP contribution in [0.5, 0.6) is 0 Å². The monoisotopic (exact) mass is 300 g/mol. The maximum atomic E-state index is 11.6. The third kappa shape index (κ3) is 6.65. The Morgan fingerprint density at radius 1 is 1.30 bits per heavy atom. The minimum atomic E-state index is -3.42. The van der Waals surface area contributed by atoms with Crippen LogP contribution in [0.25, 0.3) is 0 Å². The summed E-state index contributed by atoms with van der Waals surface area (Å²) in [6.07, 6.45) is 0.446. The van der Waals surface area contributed by atoms with Crippen LogP contribution in [0, 0.1) is 0 Å². The number of rotatable bonds is 9. The summed E-state index contributed by atoms with van der Waals surface area (Å²) in [5.74, 6) is -1.17. The number of aliphatic carboxylic acids is 1. The van der Waals surface area contributed by atoms with E-state index in [1.807, 2.05) is 30.3 Å². The van der Waals surface area contributed by atoms with Crippen molar-refractivity contribution < 1.29 is 18.3 Å². The Balaban J connectivity index is 2.30. The van der Waals surface area contributed by atoms with Crippen LogP contribution in [0.4, 0.5) is 0 Å². The van der Waals surface area contributed by atoms with Crippen molar-refractivity contribution >= 4 is 16.0 Å². The first-order valence-corrected chi connectivity index (χ1v) is 8.05. The van der Waals surface area contributed by atoms with Crippen molar-refractivity contribution in [2.24, 2.45) is 5.73 Å². The van der Waals surface area contributed by atoms with Crippen molar-refractivity contribution in [1.29, 1.82) is 0 Å². The van der Waals surface area contributed by atoms with Gasteiger partial charge in [-0.25, -0.2) is 13.1 Å². The molecule has 6 nitrogen and oxygen atoms in total. The van der Waals surface area contributed by atoms with Crippen LogP contribution in [0.15, 0.2) is 30.3 Å². The summed E-state index contributed by atoms with van der Waals surface area (Å²) in [6.45, 7) is 0.242. The lowest BCUT2D eigenvalue weighted by molar-refractivity contribution is -0.137. The summed E-state index contributed by atoms with van der Waals surface area (Å²) in [5.41, 5.74) is 6.91. The van der Waals surface area contributed by atoms with Crippen LogP contribution in [0.3, 0.4) is 0 Å². The molecule has 112 valence electrons. The predicted octanol–water partition coefficient (Wildman–Crippen LogP) is 0.861. The van der Waals surface area contributed by atoms with Crippen molar-refractivity contribution in [1.82, 2.24) is 4.72 Å². The highest BCUT2D eigenvalue weighted by Crippen LogP contribution is 2.12. The fourth-order valence-corrected chi connectivity index (χ4v) is 2.82. The van der Waals surface area contributed by atoms with Gasteiger partial charge in [0.1, 0.15) is 0 Å². The highest BCUT2D eigenvalue weighted by molar-refractivity contribution is 7.89. The first-order valence-electron chi connectivity index (χ1n) is 6.40. The summed E-state index contributed by atoms with van der Waals surface area (Å²) >= 11 is 0. The smallest absolute Gasteiger partial charge is 0.303 e. The van der Waals surface area contributed by atoms with Gasteiger partial charge in [-0.15, -0.1) is 0 Å². The first-order chi connectivity index (χ1) is 9.41. The van der Waals surface area contributed by atoms with E-state index >= 15 is 0 Å². The number of nitrogens with one attached hydrogen (secondary N) is 1. The summed E-state index contributed by atoms with van der Waals surface area (Å²) in [6, 6.07) is 9.22. The maximum Gasteiger partial charge on any atom is 0.303 e. The van der Waals surface area contributed by atoms with E-state index in [1.165, 1.54) is 0 Å². The molecule has 0 aromatic heterocycles. The SMILES string of the molecule is NC(CCNS(=O)(=O)CCCC(=O)O)c1ccccc1. The van der Waals surface area contributed by atoms with Crippen LogP contribution in [-0.4, -0.2) is 31.8 Å². The zero-order valence-electron chi connectivity index (χ0n) is 11.2. The molecule has 1 aromatic rings. The molecule has 0 fully saturated rings. The van der Waals surface area contributed by atoms with E-state index in [4.69, 9.17) is 10.8 Å². The molecular formula is C13H20N2O4S. The van der Waals surface area contributed by atoms with Crippen molar-refractivity contribution in [2.75, 3.05) is 12.3 Å². The molecule has 1 unspecified atom stereocenters. The van der Waals surface area contributed by atoms with E-state index in [9.17, 15) is 13.2 Å². The van der Waals surface area contributed by atoms with Crippen LogP contribution in [0.2, 0.25) is 0 Å². The largest absolute Gasteiger partial charge is 0.481 e. The lowest BCUT2D eigenvalue weighted by Crippen LogP contribution is -2.29. The van der Waals surface area contributed by atoms with Gasteiger partial charge in [-0.3, -0.25) is 4.79 Å². The number of carbonyl (C=O) groups is 1. The molecule has 1 rings (SSSR count). The Hall–Kier alpha value is -1.44. The van der Waals surface area contributed by atoms with Gasteiger partial charge in [-0.1, -0.05) is 30.3 Å². The molecule has 1 atom stereocenters. The molecule has 0 aliphatic carbocycles. The van der Waals surface area contributed by atoms with Gasteiger partial charge < -0.3 is 10.8 Å². The molecule has 7 heteroatoms. The fraction of sp³-hybridized carbons (Fsp3) is 0.462. The van der Waals surface area contributed by atoms with Gasteiger partial charge in [0.2, 0.25) is 10.0 Å². The molecule has 20 heavy (non-hydrogen) atoms. The minimum Gasteiger partial charge on any atom is -0.481 e. The molecule has 4 N–H and O–H groups in total. The summed E-state index contributed by atoms with van der Waals surface area (Å²) in [7, 11) is -3.42. The van der Waals surface area contributed by atoms with Gasteiger partial charge >= 0.3 is 5.97 Å². The van der Waals surface area contributed by atoms with E-state index in [-0.39, 0.29) is 31.2 Å². The summed E-state index contributed by atoms with van der Waals surface area (Å²) in [5, 5.41) is 8.45. The summed E-state index contributed by atoms with van der Waals surface area (Å²) in [4.78, 5) is 10.3. The van der Waals surface area contributed by atoms with E-state index in [1.54, 1.807) is 0 Å². The molecule has 1 aromatic carbocycles. The molecular weight excluding hydrogens is 280 g/mol. The van der Waals surface area contributed by atoms with Crippen LogP contribution >= 0.6 is 0 Å². The maximum absolute atomic E-state index is 11.6. The number of carboxylic acids is 1. The van der Waals surface area contributed by atoms with Gasteiger partial charge in [0.25, 0.3) is 0 Å². The van der Waals surface area contributed by atoms with Gasteiger partial charge in [0, 0.05) is 19.0 Å². The number of carboxylic acid groups (broad SMARTS) is 1. The standard InChI is InChI=1S/C13H20N2O4S/c14-12(11-5-2-1-3-6-11)8-9-15-20(18,19)10-4-7-13(16)17/h1-3,5-6,12,15H,4,7-10,14H2,(H,16,17). The molecule has 0 aliphatic heterocycles. The topological polar surface area (TPSA) is 109 Å². The van der Waals surface area contributed by atoms with Crippen molar-refractivity contribution in [3.63, 3.8) is 0 Å². The Morgan fingerprint density at radius 2 is 1.95 bits per heavy atom. The summed E-state index contributed by atoms with van der Waals surface area (Å²) < 4.78 is 25.6. The van der Waals surface area contributed by atoms with Gasteiger partial charge in [0.05, 0.1) is 5.75 Å². The molecule has 0 spiro atoms. The molecule has 0 saturated heterocycles. The average Bonchev–Trinajstić information content (AvgIpc) is 2.38. The lowest BCUT2D eigenvalue weighted by atomic mass is 10.1. The number of sulfonamides is 1. The van der Waals surface area contributed by atoms with E-state index in [0.29, 0.717) is 6.42 Å². The highest BCUT2D eigenvalue weighted by Gasteiger charge is 2.12. The molecule has 0 saturated carbocycles. The number of hydrogen-bond acceptors (Lipinski definition) is 4. The second-order valence-electron chi connectivity index (χ2n) is 4.52. The third-order valence-corrected chi connectivity index (χ3v) is 4.28. The lowest BCUT2D eigenvalue weighted by Gasteiger charge is -2.12. The quantitative estimate of drug-likeness (QED) is 0.626. The number of benzene rings is 1. The minimum absolute atomic E-state index is 0.107. The zero-order valence-corrected chi connectivity index (χ0v) is 12.0. The highest BCUT2D eigenvalue weighted by atomic mass is 32.2. The fourth-order valence-electron chi connectivity index (χ4n) is 1.72. The van der Waals surface area contributed by atoms with E-state index in [2.05, 4.69) is 4.72 Å². The number of hydrogen-bond donors (Lipinski definition) is 3. The van der Waals surface area contributed by atoms with Crippen molar-refractivity contribution in [3.05, 3.63) is 35.9 Å². The second kappa shape index (κ2) is 7.98. The van der Waals surface area contributed by atoms with Gasteiger partial charge in [0.15, 0.2) is 0 Å². The average molecular weight is 300 g/mol. The van der Waals surface area contributed by atoms with Gasteiger partial charge in [-0.2, -0.15) is 0 Å². The van der Waals surface area contributed by atoms with Gasteiger partial charge in [-0.05, 0) is 18.4 Å². The second-order valence-corrected chi connectivity index (χ2v) is 6.44. The Labute approximate surface area is 119 Å². The first kappa shape index (κ1) is 16.6. The molecule has 0 aliphatic rings. The normalized spacial score (nSPS) is 13.1. The predicted molar refractivity (Wildman–Crippen MR) is 76.6 cm³/mol. The van der Waals surface area contributed by atoms with Crippen molar-refractivity contribution in [3.8, 4) is 0 Å². The van der Waals surface area contributed by atoms with Crippen LogP contribution in [0.1, 0.15) is 30.9 Å². The molecule has 0 radical (unpaired) electrons.